The van der Waals surface area contributed by atoms with E-state index >= 15 is 0 Å². The summed E-state index contributed by atoms with van der Waals surface area (Å²) < 4.78 is 0. The lowest BCUT2D eigenvalue weighted by atomic mass is 9.30. The zero-order chi connectivity index (χ0) is 37.1. The van der Waals surface area contributed by atoms with E-state index in [1.54, 1.807) is 0 Å². The molecule has 3 heterocycles. The minimum atomic E-state index is -0.202. The van der Waals surface area contributed by atoms with Gasteiger partial charge in [-0.25, -0.2) is 0 Å². The van der Waals surface area contributed by atoms with Crippen LogP contribution in [0.4, 0.5) is 22.7 Å². The molecule has 3 aromatic carbocycles. The van der Waals surface area contributed by atoms with Crippen molar-refractivity contribution in [3.63, 3.8) is 0 Å². The first-order valence-electron chi connectivity index (χ1n) is 19.2. The van der Waals surface area contributed by atoms with Crippen LogP contribution in [0.2, 0.25) is 0 Å². The lowest BCUT2D eigenvalue weighted by Gasteiger charge is -2.46. The summed E-state index contributed by atoms with van der Waals surface area (Å²) in [4.78, 5) is 10.4. The molecule has 1 aromatic heterocycles. The van der Waals surface area contributed by atoms with Gasteiger partial charge in [-0.05, 0) is 94.3 Å². The minimum Gasteiger partial charge on any atom is -0.311 e. The van der Waals surface area contributed by atoms with Crippen LogP contribution in [-0.4, -0.2) is 11.7 Å². The van der Waals surface area contributed by atoms with E-state index in [2.05, 4.69) is 190 Å². The molecule has 8 rings (SSSR count). The molecule has 0 saturated heterocycles. The van der Waals surface area contributed by atoms with Crippen LogP contribution in [0.1, 0.15) is 111 Å². The van der Waals surface area contributed by atoms with E-state index < -0.39 is 0 Å². The number of pyridine rings is 1. The van der Waals surface area contributed by atoms with E-state index in [1.807, 2.05) is 0 Å². The zero-order valence-electron chi connectivity index (χ0n) is 33.4. The van der Waals surface area contributed by atoms with E-state index in [0.717, 1.165) is 12.1 Å². The van der Waals surface area contributed by atoms with Crippen LogP contribution in [0.15, 0.2) is 114 Å². The Morgan fingerprint density at radius 1 is 0.731 bits per heavy atom. The Hall–Kier alpha value is -4.57. The van der Waals surface area contributed by atoms with Gasteiger partial charge in [0.15, 0.2) is 0 Å². The molecular weight excluding hydrogens is 629 g/mol. The second-order valence-corrected chi connectivity index (χ2v) is 19.1. The highest BCUT2D eigenvalue weighted by molar-refractivity contribution is 6.96. The van der Waals surface area contributed by atoms with Crippen molar-refractivity contribution in [2.45, 2.75) is 106 Å². The number of aromatic nitrogens is 1. The second kappa shape index (κ2) is 11.5. The first-order chi connectivity index (χ1) is 24.4. The van der Waals surface area contributed by atoms with Gasteiger partial charge in [-0.2, -0.15) is 0 Å². The maximum absolute atomic E-state index is 5.25. The number of nitrogens with zero attached hydrogens (tertiary/aromatic N) is 3. The van der Waals surface area contributed by atoms with Crippen molar-refractivity contribution in [2.75, 3.05) is 9.80 Å². The molecule has 0 radical (unpaired) electrons. The summed E-state index contributed by atoms with van der Waals surface area (Å²) in [7, 11) is 0. The van der Waals surface area contributed by atoms with Crippen molar-refractivity contribution in [3.05, 3.63) is 142 Å². The summed E-state index contributed by atoms with van der Waals surface area (Å²) in [6.07, 6.45) is 12.6. The molecule has 0 saturated carbocycles. The van der Waals surface area contributed by atoms with Crippen molar-refractivity contribution in [1.29, 1.82) is 0 Å². The molecule has 0 N–H and O–H groups in total. The summed E-state index contributed by atoms with van der Waals surface area (Å²) in [6, 6.07) is 25.7. The number of aryl methyl sites for hydroxylation is 1. The quantitative estimate of drug-likeness (QED) is 0.196. The molecule has 0 bridgehead atoms. The molecule has 0 spiro atoms. The van der Waals surface area contributed by atoms with Crippen molar-refractivity contribution < 1.29 is 0 Å². The largest absolute Gasteiger partial charge is 0.311 e. The Kier molecular flexibility index (Phi) is 7.61. The lowest BCUT2D eigenvalue weighted by molar-refractivity contribution is 0.494. The van der Waals surface area contributed by atoms with E-state index in [9.17, 15) is 0 Å². The Bertz CT molecular complexity index is 2260. The van der Waals surface area contributed by atoms with Gasteiger partial charge < -0.3 is 9.80 Å². The third kappa shape index (κ3) is 5.27. The van der Waals surface area contributed by atoms with Crippen LogP contribution in [0.3, 0.4) is 0 Å². The second-order valence-electron chi connectivity index (χ2n) is 19.1. The third-order valence-electron chi connectivity index (χ3n) is 11.9. The lowest BCUT2D eigenvalue weighted by Crippen LogP contribution is -2.58. The van der Waals surface area contributed by atoms with Crippen molar-refractivity contribution in [2.24, 2.45) is 5.41 Å². The highest BCUT2D eigenvalue weighted by atomic mass is 15.2. The number of rotatable bonds is 2. The topological polar surface area (TPSA) is 19.4 Å². The summed E-state index contributed by atoms with van der Waals surface area (Å²) in [5.74, 6) is 0. The highest BCUT2D eigenvalue weighted by Gasteiger charge is 2.53. The molecular formula is C48H54BN3. The number of benzene rings is 3. The predicted octanol–water partition coefficient (Wildman–Crippen LogP) is 11.3. The smallest absolute Gasteiger partial charge is 0.250 e. The van der Waals surface area contributed by atoms with Gasteiger partial charge in [0.1, 0.15) is 0 Å². The van der Waals surface area contributed by atoms with Gasteiger partial charge in [0.2, 0.25) is 0 Å². The Labute approximate surface area is 313 Å². The average Bonchev–Trinajstić information content (AvgIpc) is 3.20. The molecule has 52 heavy (non-hydrogen) atoms. The zero-order valence-corrected chi connectivity index (χ0v) is 33.4. The first-order valence-corrected chi connectivity index (χ1v) is 19.2. The van der Waals surface area contributed by atoms with Gasteiger partial charge in [0.25, 0.3) is 6.71 Å². The molecule has 0 fully saturated rings. The Morgan fingerprint density at radius 2 is 1.40 bits per heavy atom. The van der Waals surface area contributed by atoms with Gasteiger partial charge in [-0.3, -0.25) is 4.98 Å². The van der Waals surface area contributed by atoms with Crippen molar-refractivity contribution >= 4 is 46.1 Å². The third-order valence-corrected chi connectivity index (χ3v) is 11.9. The summed E-state index contributed by atoms with van der Waals surface area (Å²) >= 11 is 0. The van der Waals surface area contributed by atoms with Crippen LogP contribution in [0, 0.1) is 12.3 Å². The first kappa shape index (κ1) is 34.5. The molecule has 0 unspecified atom stereocenters. The van der Waals surface area contributed by atoms with Gasteiger partial charge in [-0.1, -0.05) is 136 Å². The normalized spacial score (nSPS) is 17.7. The fraction of sp³-hybridized carbons (Fsp3) is 0.354. The van der Waals surface area contributed by atoms with Crippen LogP contribution in [0.5, 0.6) is 0 Å². The van der Waals surface area contributed by atoms with E-state index in [0.29, 0.717) is 0 Å². The molecule has 4 heteroatoms. The van der Waals surface area contributed by atoms with E-state index in [-0.39, 0.29) is 28.4 Å². The van der Waals surface area contributed by atoms with E-state index in [1.165, 1.54) is 78.4 Å². The van der Waals surface area contributed by atoms with Crippen LogP contribution in [0.25, 0.3) is 5.70 Å². The molecule has 0 amide bonds. The summed E-state index contributed by atoms with van der Waals surface area (Å²) in [5.41, 5.74) is 19.3. The van der Waals surface area contributed by atoms with E-state index in [4.69, 9.17) is 4.98 Å². The molecule has 264 valence electrons. The molecule has 2 aliphatic heterocycles. The fourth-order valence-electron chi connectivity index (χ4n) is 8.95. The highest BCUT2D eigenvalue weighted by Crippen LogP contribution is 2.55. The van der Waals surface area contributed by atoms with Crippen LogP contribution < -0.4 is 20.7 Å². The summed E-state index contributed by atoms with van der Waals surface area (Å²) in [6.45, 7) is 27.8. The number of anilines is 4. The van der Waals surface area contributed by atoms with Gasteiger partial charge in [0.05, 0.1) is 0 Å². The predicted molar refractivity (Wildman–Crippen MR) is 224 cm³/mol. The number of hydrogen-bond donors (Lipinski definition) is 0. The standard InChI is InChI=1S/C48H54BN3/c1-30-26-39-42-40(27-30)52(33-17-15-16-31(20-23-33)45(2,3)4)43-35-18-13-14-19-36(35)48(11,12)44(43)49(42)37-29-50-41(47(8,9)10)28-38(37)51(39)34-24-21-32(22-25-34)46(5,6)7/h13-15,17-29H,16H2,1-12H3. The molecule has 0 atom stereocenters. The number of fused-ring (bicyclic) bond motifs is 5. The number of hydrogen-bond acceptors (Lipinski definition) is 3. The maximum Gasteiger partial charge on any atom is 0.250 e. The fourth-order valence-corrected chi connectivity index (χ4v) is 8.95. The van der Waals surface area contributed by atoms with Crippen molar-refractivity contribution in [1.82, 2.24) is 4.98 Å². The number of allylic oxidation sites excluding steroid dienone is 6. The molecule has 4 aliphatic rings. The maximum atomic E-state index is 5.25. The molecule has 4 aromatic rings. The SMILES string of the molecule is Cc1cc2c3c(c1)N(c1ccc(C(C)(C)C)cc1)c1cc(C(C)(C)C)ncc1B3C1=C(c3ccccc3C1(C)C)N2C1=CC=C(C(C)(C)C)CC=C1. The Morgan fingerprint density at radius 3 is 2.06 bits per heavy atom. The van der Waals surface area contributed by atoms with Gasteiger partial charge in [-0.15, -0.1) is 0 Å². The average molecular weight is 684 g/mol. The van der Waals surface area contributed by atoms with Gasteiger partial charge >= 0.3 is 0 Å². The Balaban J connectivity index is 1.47. The van der Waals surface area contributed by atoms with Crippen LogP contribution in [-0.2, 0) is 16.2 Å². The minimum absolute atomic E-state index is 0.0527. The van der Waals surface area contributed by atoms with Crippen molar-refractivity contribution in [3.8, 4) is 0 Å². The molecule has 2 aliphatic carbocycles. The summed E-state index contributed by atoms with van der Waals surface area (Å²) in [5, 5.41) is 0. The van der Waals surface area contributed by atoms with Gasteiger partial charge in [0, 0.05) is 62.4 Å². The van der Waals surface area contributed by atoms with Crippen LogP contribution >= 0.6 is 0 Å². The monoisotopic (exact) mass is 683 g/mol. The molecule has 3 nitrogen and oxygen atoms in total.